The molecule has 9 heteroatoms. The zero-order chi connectivity index (χ0) is 25.3. The highest BCUT2D eigenvalue weighted by Gasteiger charge is 2.26. The van der Waals surface area contributed by atoms with E-state index < -0.39 is 17.1 Å². The maximum Gasteiger partial charge on any atom is 0.239 e. The lowest BCUT2D eigenvalue weighted by molar-refractivity contribution is 0.355. The summed E-state index contributed by atoms with van der Waals surface area (Å²) in [6.07, 6.45) is 0. The van der Waals surface area contributed by atoms with Crippen molar-refractivity contribution in [3.63, 3.8) is 0 Å². The summed E-state index contributed by atoms with van der Waals surface area (Å²) in [7, 11) is 7.11. The van der Waals surface area contributed by atoms with Gasteiger partial charge in [-0.2, -0.15) is 0 Å². The Morgan fingerprint density at radius 2 is 1.31 bits per heavy atom. The number of hydrogen-bond acceptors (Lipinski definition) is 7. The van der Waals surface area contributed by atoms with Crippen LogP contribution < -0.4 is 29.1 Å². The van der Waals surface area contributed by atoms with E-state index >= 15 is 0 Å². The van der Waals surface area contributed by atoms with E-state index in [1.54, 1.807) is 18.2 Å². The Kier molecular flexibility index (Phi) is 6.50. The SMILES string of the molecule is COc1ccc(-c2oc3c(-c4ccc(F)c(F)c4)c(OC)cc(OC)c3c(=O)c2OC)cc1OC. The smallest absolute Gasteiger partial charge is 0.239 e. The van der Waals surface area contributed by atoms with Crippen molar-refractivity contribution in [2.75, 3.05) is 35.5 Å². The Hall–Kier alpha value is -4.27. The maximum atomic E-state index is 14.2. The highest BCUT2D eigenvalue weighted by Crippen LogP contribution is 2.45. The maximum absolute atomic E-state index is 14.2. The first-order chi connectivity index (χ1) is 16.9. The highest BCUT2D eigenvalue weighted by molar-refractivity contribution is 6.00. The molecule has 1 heterocycles. The zero-order valence-corrected chi connectivity index (χ0v) is 19.7. The molecule has 4 aromatic rings. The summed E-state index contributed by atoms with van der Waals surface area (Å²) in [5, 5.41) is 0.0501. The lowest BCUT2D eigenvalue weighted by atomic mass is 9.99. The number of rotatable bonds is 7. The van der Waals surface area contributed by atoms with Gasteiger partial charge in [0.05, 0.1) is 41.1 Å². The first-order valence-electron chi connectivity index (χ1n) is 10.4. The monoisotopic (exact) mass is 484 g/mol. The van der Waals surface area contributed by atoms with Crippen LogP contribution in [0.3, 0.4) is 0 Å². The molecule has 0 aliphatic carbocycles. The fourth-order valence-corrected chi connectivity index (χ4v) is 3.89. The Balaban J connectivity index is 2.16. The number of methoxy groups -OCH3 is 5. The molecule has 0 saturated heterocycles. The average Bonchev–Trinajstić information content (AvgIpc) is 2.88. The van der Waals surface area contributed by atoms with E-state index in [1.807, 2.05) is 0 Å². The Labute approximate surface area is 199 Å². The van der Waals surface area contributed by atoms with Crippen molar-refractivity contribution >= 4 is 11.0 Å². The fraction of sp³-hybridized carbons (Fsp3) is 0.192. The van der Waals surface area contributed by atoms with Crippen LogP contribution in [0.25, 0.3) is 33.4 Å². The summed E-state index contributed by atoms with van der Waals surface area (Å²) < 4.78 is 61.1. The Morgan fingerprint density at radius 1 is 0.657 bits per heavy atom. The van der Waals surface area contributed by atoms with Crippen LogP contribution in [0.15, 0.2) is 51.7 Å². The Morgan fingerprint density at radius 3 is 1.91 bits per heavy atom. The topological polar surface area (TPSA) is 76.4 Å². The van der Waals surface area contributed by atoms with Gasteiger partial charge in [-0.1, -0.05) is 6.07 Å². The van der Waals surface area contributed by atoms with Crippen molar-refractivity contribution in [2.45, 2.75) is 0 Å². The standard InChI is InChI=1S/C26H22F2O7/c1-30-17-9-7-14(11-18(17)31-2)24-26(34-5)23(29)22-20(33-4)12-19(32-3)21(25(22)35-24)13-6-8-15(27)16(28)10-13/h6-12H,1-5H3. The zero-order valence-electron chi connectivity index (χ0n) is 19.7. The van der Waals surface area contributed by atoms with Gasteiger partial charge >= 0.3 is 0 Å². The summed E-state index contributed by atoms with van der Waals surface area (Å²) >= 11 is 0. The van der Waals surface area contributed by atoms with Gasteiger partial charge in [-0.15, -0.1) is 0 Å². The van der Waals surface area contributed by atoms with E-state index in [0.717, 1.165) is 12.1 Å². The lowest BCUT2D eigenvalue weighted by Crippen LogP contribution is -2.10. The van der Waals surface area contributed by atoms with E-state index in [0.29, 0.717) is 17.1 Å². The van der Waals surface area contributed by atoms with Gasteiger partial charge in [-0.05, 0) is 35.9 Å². The fourth-order valence-electron chi connectivity index (χ4n) is 3.89. The number of benzene rings is 3. The predicted octanol–water partition coefficient (Wildman–Crippen LogP) is 5.45. The minimum absolute atomic E-state index is 0.0443. The first kappa shape index (κ1) is 23.9. The van der Waals surface area contributed by atoms with Crippen LogP contribution in [-0.2, 0) is 0 Å². The van der Waals surface area contributed by atoms with Gasteiger partial charge in [0, 0.05) is 11.6 Å². The molecule has 0 saturated carbocycles. The molecule has 0 bridgehead atoms. The molecule has 182 valence electrons. The second-order valence-electron chi connectivity index (χ2n) is 7.35. The third-order valence-electron chi connectivity index (χ3n) is 5.55. The molecule has 0 aliphatic heterocycles. The molecule has 0 fully saturated rings. The van der Waals surface area contributed by atoms with E-state index in [4.69, 9.17) is 28.1 Å². The largest absolute Gasteiger partial charge is 0.496 e. The van der Waals surface area contributed by atoms with Crippen molar-refractivity contribution in [3.8, 4) is 51.2 Å². The minimum atomic E-state index is -1.07. The summed E-state index contributed by atoms with van der Waals surface area (Å²) in [6.45, 7) is 0. The van der Waals surface area contributed by atoms with Gasteiger partial charge in [0.15, 0.2) is 34.5 Å². The summed E-state index contributed by atoms with van der Waals surface area (Å²) in [5.41, 5.74) is 0.449. The average molecular weight is 484 g/mol. The molecule has 0 atom stereocenters. The van der Waals surface area contributed by atoms with Gasteiger partial charge in [0.25, 0.3) is 0 Å². The lowest BCUT2D eigenvalue weighted by Gasteiger charge is -2.17. The number of ether oxygens (including phenoxy) is 5. The molecule has 0 unspecified atom stereocenters. The molecule has 0 radical (unpaired) electrons. The number of hydrogen-bond donors (Lipinski definition) is 0. The van der Waals surface area contributed by atoms with Crippen LogP contribution in [0.5, 0.6) is 28.7 Å². The van der Waals surface area contributed by atoms with Gasteiger partial charge in [-0.3, -0.25) is 4.79 Å². The molecular formula is C26H22F2O7. The van der Waals surface area contributed by atoms with Crippen molar-refractivity contribution < 1.29 is 36.9 Å². The van der Waals surface area contributed by atoms with Gasteiger partial charge in [-0.25, -0.2) is 8.78 Å². The first-order valence-corrected chi connectivity index (χ1v) is 10.4. The molecule has 7 nitrogen and oxygen atoms in total. The van der Waals surface area contributed by atoms with Crippen LogP contribution in [-0.4, -0.2) is 35.5 Å². The van der Waals surface area contributed by atoms with Crippen molar-refractivity contribution in [1.82, 2.24) is 0 Å². The van der Waals surface area contributed by atoms with Crippen LogP contribution in [0.1, 0.15) is 0 Å². The van der Waals surface area contributed by atoms with E-state index in [1.165, 1.54) is 47.7 Å². The third kappa shape index (κ3) is 3.99. The van der Waals surface area contributed by atoms with Crippen LogP contribution in [0.4, 0.5) is 8.78 Å². The van der Waals surface area contributed by atoms with Crippen LogP contribution in [0.2, 0.25) is 0 Å². The molecule has 0 amide bonds. The van der Waals surface area contributed by atoms with E-state index in [-0.39, 0.29) is 45.1 Å². The van der Waals surface area contributed by atoms with Gasteiger partial charge in [0.2, 0.25) is 11.2 Å². The molecule has 0 spiro atoms. The Bertz CT molecular complexity index is 1480. The van der Waals surface area contributed by atoms with Crippen LogP contribution >= 0.6 is 0 Å². The summed E-state index contributed by atoms with van der Waals surface area (Å²) in [5.74, 6) is -0.803. The number of fused-ring (bicyclic) bond motifs is 1. The van der Waals surface area contributed by atoms with Crippen molar-refractivity contribution in [3.05, 3.63) is 64.3 Å². The normalized spacial score (nSPS) is 10.8. The van der Waals surface area contributed by atoms with Crippen molar-refractivity contribution in [2.24, 2.45) is 0 Å². The third-order valence-corrected chi connectivity index (χ3v) is 5.55. The number of halogens is 2. The van der Waals surface area contributed by atoms with Crippen molar-refractivity contribution in [1.29, 1.82) is 0 Å². The molecule has 4 rings (SSSR count). The molecular weight excluding hydrogens is 462 g/mol. The molecule has 3 aromatic carbocycles. The molecule has 1 aromatic heterocycles. The van der Waals surface area contributed by atoms with E-state index in [9.17, 15) is 13.6 Å². The highest BCUT2D eigenvalue weighted by atomic mass is 19.2. The molecule has 35 heavy (non-hydrogen) atoms. The second kappa shape index (κ2) is 9.54. The summed E-state index contributed by atoms with van der Waals surface area (Å²) in [4.78, 5) is 13.6. The van der Waals surface area contributed by atoms with Gasteiger partial charge < -0.3 is 28.1 Å². The molecule has 0 aliphatic rings. The minimum Gasteiger partial charge on any atom is -0.496 e. The quantitative estimate of drug-likeness (QED) is 0.345. The van der Waals surface area contributed by atoms with Gasteiger partial charge in [0.1, 0.15) is 16.9 Å². The second-order valence-corrected chi connectivity index (χ2v) is 7.35. The predicted molar refractivity (Wildman–Crippen MR) is 126 cm³/mol. The van der Waals surface area contributed by atoms with E-state index in [2.05, 4.69) is 0 Å². The summed E-state index contributed by atoms with van der Waals surface area (Å²) in [6, 6.07) is 9.77. The molecule has 0 N–H and O–H groups in total. The van der Waals surface area contributed by atoms with Crippen LogP contribution in [0, 0.1) is 11.6 Å².